The molecule has 5 heteroatoms. The molecule has 0 unspecified atom stereocenters. The zero-order valence-electron chi connectivity index (χ0n) is 13.9. The number of carbonyl (C=O) groups is 1. The maximum Gasteiger partial charge on any atom is 0.266 e. The SMILES string of the molecule is Cc1ccc(Cl)c(OC(C)(C)C(=O)N2C[C@@H](C)O[C@H](C)C2)c1. The average Bonchev–Trinajstić information content (AvgIpc) is 2.40. The van der Waals surface area contributed by atoms with Crippen LogP contribution in [0.25, 0.3) is 0 Å². The number of aryl methyl sites for hydroxylation is 1. The van der Waals surface area contributed by atoms with Gasteiger partial charge in [0, 0.05) is 13.1 Å². The summed E-state index contributed by atoms with van der Waals surface area (Å²) >= 11 is 6.17. The molecular weight excluding hydrogens is 302 g/mol. The molecule has 1 aliphatic rings. The predicted octanol–water partition coefficient (Wildman–Crippen LogP) is 3.44. The van der Waals surface area contributed by atoms with Crippen molar-refractivity contribution in [2.24, 2.45) is 0 Å². The number of amides is 1. The van der Waals surface area contributed by atoms with Crippen LogP contribution in [0.3, 0.4) is 0 Å². The molecule has 1 aromatic rings. The Balaban J connectivity index is 2.15. The number of nitrogens with zero attached hydrogens (tertiary/aromatic N) is 1. The summed E-state index contributed by atoms with van der Waals surface area (Å²) in [7, 11) is 0. The molecule has 1 aromatic carbocycles. The highest BCUT2D eigenvalue weighted by Gasteiger charge is 2.37. The van der Waals surface area contributed by atoms with E-state index in [1.807, 2.05) is 37.8 Å². The summed E-state index contributed by atoms with van der Waals surface area (Å²) in [5.41, 5.74) is 0.0602. The third kappa shape index (κ3) is 3.93. The molecule has 0 bridgehead atoms. The number of ether oxygens (including phenoxy) is 2. The molecule has 1 saturated heterocycles. The summed E-state index contributed by atoms with van der Waals surface area (Å²) < 4.78 is 11.6. The molecule has 22 heavy (non-hydrogen) atoms. The molecular formula is C17H24ClNO3. The van der Waals surface area contributed by atoms with Crippen LogP contribution < -0.4 is 4.74 Å². The molecule has 1 heterocycles. The first kappa shape index (κ1) is 17.1. The normalized spacial score (nSPS) is 22.5. The molecule has 0 spiro atoms. The third-order valence-electron chi connectivity index (χ3n) is 3.67. The maximum absolute atomic E-state index is 12.8. The molecule has 0 aromatic heterocycles. The quantitative estimate of drug-likeness (QED) is 0.854. The van der Waals surface area contributed by atoms with E-state index in [1.54, 1.807) is 19.9 Å². The Morgan fingerprint density at radius 2 is 1.91 bits per heavy atom. The topological polar surface area (TPSA) is 38.8 Å². The molecule has 122 valence electrons. The van der Waals surface area contributed by atoms with Crippen molar-refractivity contribution in [3.8, 4) is 5.75 Å². The van der Waals surface area contributed by atoms with Crippen LogP contribution in [0.2, 0.25) is 5.02 Å². The van der Waals surface area contributed by atoms with Gasteiger partial charge in [0.25, 0.3) is 5.91 Å². The molecule has 0 aliphatic carbocycles. The van der Waals surface area contributed by atoms with E-state index in [9.17, 15) is 4.79 Å². The molecule has 4 nitrogen and oxygen atoms in total. The second-order valence-corrected chi connectivity index (χ2v) is 6.92. The fraction of sp³-hybridized carbons (Fsp3) is 0.588. The smallest absolute Gasteiger partial charge is 0.266 e. The van der Waals surface area contributed by atoms with Crippen molar-refractivity contribution in [2.45, 2.75) is 52.4 Å². The number of hydrogen-bond donors (Lipinski definition) is 0. The second kappa shape index (κ2) is 6.47. The molecule has 1 amide bonds. The van der Waals surface area contributed by atoms with Gasteiger partial charge in [-0.15, -0.1) is 0 Å². The van der Waals surface area contributed by atoms with Crippen molar-refractivity contribution < 1.29 is 14.3 Å². The monoisotopic (exact) mass is 325 g/mol. The minimum absolute atomic E-state index is 0.0334. The van der Waals surface area contributed by atoms with Gasteiger partial charge in [-0.25, -0.2) is 0 Å². The molecule has 2 rings (SSSR count). The van der Waals surface area contributed by atoms with Crippen LogP contribution in [0.15, 0.2) is 18.2 Å². The van der Waals surface area contributed by atoms with Gasteiger partial charge in [0.2, 0.25) is 0 Å². The lowest BCUT2D eigenvalue weighted by Crippen LogP contribution is -2.55. The highest BCUT2D eigenvalue weighted by atomic mass is 35.5. The zero-order chi connectivity index (χ0) is 16.5. The van der Waals surface area contributed by atoms with Crippen molar-refractivity contribution in [3.05, 3.63) is 28.8 Å². The van der Waals surface area contributed by atoms with Gasteiger partial charge < -0.3 is 14.4 Å². The molecule has 2 atom stereocenters. The van der Waals surface area contributed by atoms with Gasteiger partial charge in [-0.3, -0.25) is 4.79 Å². The van der Waals surface area contributed by atoms with E-state index >= 15 is 0 Å². The van der Waals surface area contributed by atoms with Gasteiger partial charge in [0.05, 0.1) is 17.2 Å². The van der Waals surface area contributed by atoms with Crippen LogP contribution in [0, 0.1) is 6.92 Å². The van der Waals surface area contributed by atoms with E-state index in [-0.39, 0.29) is 18.1 Å². The Bertz CT molecular complexity index is 549. The maximum atomic E-state index is 12.8. The fourth-order valence-corrected chi connectivity index (χ4v) is 2.89. The van der Waals surface area contributed by atoms with Crippen LogP contribution in [0.1, 0.15) is 33.3 Å². The Kier molecular flexibility index (Phi) is 5.03. The lowest BCUT2D eigenvalue weighted by atomic mass is 10.1. The van der Waals surface area contributed by atoms with E-state index < -0.39 is 5.60 Å². The lowest BCUT2D eigenvalue weighted by molar-refractivity contribution is -0.156. The number of carbonyl (C=O) groups excluding carboxylic acids is 1. The highest BCUT2D eigenvalue weighted by Crippen LogP contribution is 2.30. The first-order valence-corrected chi connectivity index (χ1v) is 7.97. The van der Waals surface area contributed by atoms with Crippen LogP contribution in [0.5, 0.6) is 5.75 Å². The number of benzene rings is 1. The first-order valence-electron chi connectivity index (χ1n) is 7.59. The largest absolute Gasteiger partial charge is 0.476 e. The van der Waals surface area contributed by atoms with E-state index in [0.717, 1.165) is 5.56 Å². The average molecular weight is 326 g/mol. The Labute approximate surface area is 137 Å². The Morgan fingerprint density at radius 1 is 1.32 bits per heavy atom. The number of halogens is 1. The van der Waals surface area contributed by atoms with Crippen molar-refractivity contribution in [3.63, 3.8) is 0 Å². The van der Waals surface area contributed by atoms with Gasteiger partial charge in [0.1, 0.15) is 5.75 Å². The van der Waals surface area contributed by atoms with Gasteiger partial charge in [-0.05, 0) is 52.3 Å². The standard InChI is InChI=1S/C17H24ClNO3/c1-11-6-7-14(18)15(8-11)22-17(4,5)16(20)19-9-12(2)21-13(3)10-19/h6-8,12-13H,9-10H2,1-5H3/t12-,13-/m1/s1. The number of rotatable bonds is 3. The van der Waals surface area contributed by atoms with Crippen LogP contribution in [-0.4, -0.2) is 41.7 Å². The molecule has 0 radical (unpaired) electrons. The molecule has 1 fully saturated rings. The summed E-state index contributed by atoms with van der Waals surface area (Å²) in [5, 5.41) is 0.509. The number of morpholine rings is 1. The Morgan fingerprint density at radius 3 is 2.50 bits per heavy atom. The predicted molar refractivity (Wildman–Crippen MR) is 87.5 cm³/mol. The Hall–Kier alpha value is -1.26. The van der Waals surface area contributed by atoms with Crippen molar-refractivity contribution >= 4 is 17.5 Å². The first-order chi connectivity index (χ1) is 10.2. The molecule has 0 saturated carbocycles. The third-order valence-corrected chi connectivity index (χ3v) is 3.99. The number of hydrogen-bond acceptors (Lipinski definition) is 3. The molecule has 1 aliphatic heterocycles. The van der Waals surface area contributed by atoms with Gasteiger partial charge in [-0.2, -0.15) is 0 Å². The lowest BCUT2D eigenvalue weighted by Gasteiger charge is -2.39. The van der Waals surface area contributed by atoms with E-state index in [2.05, 4.69) is 0 Å². The molecule has 0 N–H and O–H groups in total. The van der Waals surface area contributed by atoms with Gasteiger partial charge in [-0.1, -0.05) is 17.7 Å². The van der Waals surface area contributed by atoms with E-state index in [4.69, 9.17) is 21.1 Å². The van der Waals surface area contributed by atoms with Crippen LogP contribution in [-0.2, 0) is 9.53 Å². The summed E-state index contributed by atoms with van der Waals surface area (Å²) in [5.74, 6) is 0.487. The highest BCUT2D eigenvalue weighted by molar-refractivity contribution is 6.32. The van der Waals surface area contributed by atoms with Crippen LogP contribution in [0.4, 0.5) is 0 Å². The second-order valence-electron chi connectivity index (χ2n) is 6.51. The van der Waals surface area contributed by atoms with Crippen molar-refractivity contribution in [1.29, 1.82) is 0 Å². The summed E-state index contributed by atoms with van der Waals surface area (Å²) in [6.07, 6.45) is 0.0668. The summed E-state index contributed by atoms with van der Waals surface area (Å²) in [6.45, 7) is 10.6. The fourth-order valence-electron chi connectivity index (χ4n) is 2.73. The van der Waals surface area contributed by atoms with Crippen molar-refractivity contribution in [1.82, 2.24) is 4.90 Å². The van der Waals surface area contributed by atoms with Crippen LogP contribution >= 0.6 is 11.6 Å². The van der Waals surface area contributed by atoms with Gasteiger partial charge >= 0.3 is 0 Å². The zero-order valence-corrected chi connectivity index (χ0v) is 14.6. The van der Waals surface area contributed by atoms with Gasteiger partial charge in [0.15, 0.2) is 5.60 Å². The van der Waals surface area contributed by atoms with E-state index in [1.165, 1.54) is 0 Å². The minimum atomic E-state index is -0.978. The summed E-state index contributed by atoms with van der Waals surface area (Å²) in [4.78, 5) is 14.6. The minimum Gasteiger partial charge on any atom is -0.476 e. The van der Waals surface area contributed by atoms with Crippen molar-refractivity contribution in [2.75, 3.05) is 13.1 Å². The van der Waals surface area contributed by atoms with E-state index in [0.29, 0.717) is 23.9 Å². The summed E-state index contributed by atoms with van der Waals surface area (Å²) in [6, 6.07) is 5.54.